The Morgan fingerprint density at radius 1 is 1.30 bits per heavy atom. The molecule has 1 aromatic heterocycles. The predicted octanol–water partition coefficient (Wildman–Crippen LogP) is 2.56. The lowest BCUT2D eigenvalue weighted by atomic mass is 10.2. The van der Waals surface area contributed by atoms with Crippen molar-refractivity contribution < 1.29 is 12.8 Å². The summed E-state index contributed by atoms with van der Waals surface area (Å²) in [4.78, 5) is 1.84. The van der Waals surface area contributed by atoms with Crippen molar-refractivity contribution in [2.24, 2.45) is 0 Å². The molecule has 7 heteroatoms. The minimum absolute atomic E-state index is 0.123. The van der Waals surface area contributed by atoms with Crippen LogP contribution in [0.3, 0.4) is 0 Å². The van der Waals surface area contributed by atoms with Gasteiger partial charge >= 0.3 is 0 Å². The van der Waals surface area contributed by atoms with Gasteiger partial charge in [-0.25, -0.2) is 17.5 Å². The molecule has 3 N–H and O–H groups in total. The van der Waals surface area contributed by atoms with Gasteiger partial charge in [-0.15, -0.1) is 11.3 Å². The number of nitrogens with one attached hydrogen (secondary N) is 1. The molecule has 0 aliphatic carbocycles. The molecule has 0 atom stereocenters. The molecule has 2 rings (SSSR count). The third kappa shape index (κ3) is 3.17. The molecule has 108 valence electrons. The molecule has 0 unspecified atom stereocenters. The molecule has 0 saturated carbocycles. The van der Waals surface area contributed by atoms with E-state index in [1.807, 2.05) is 19.1 Å². The van der Waals surface area contributed by atoms with E-state index in [9.17, 15) is 12.8 Å². The number of sulfonamides is 1. The van der Waals surface area contributed by atoms with Crippen LogP contribution in [0, 0.1) is 19.7 Å². The number of anilines is 1. The van der Waals surface area contributed by atoms with E-state index in [0.29, 0.717) is 0 Å². The van der Waals surface area contributed by atoms with Crippen LogP contribution in [0.2, 0.25) is 0 Å². The maximum Gasteiger partial charge on any atom is 0.241 e. The number of nitrogen functional groups attached to an aromatic ring is 1. The minimum Gasteiger partial charge on any atom is -0.398 e. The highest BCUT2D eigenvalue weighted by molar-refractivity contribution is 7.89. The third-order valence-electron chi connectivity index (χ3n) is 2.90. The summed E-state index contributed by atoms with van der Waals surface area (Å²) < 4.78 is 40.2. The number of halogens is 1. The first kappa shape index (κ1) is 15.0. The van der Waals surface area contributed by atoms with Gasteiger partial charge < -0.3 is 5.73 Å². The van der Waals surface area contributed by atoms with Crippen LogP contribution < -0.4 is 10.5 Å². The smallest absolute Gasteiger partial charge is 0.241 e. The molecule has 0 amide bonds. The van der Waals surface area contributed by atoms with Gasteiger partial charge in [-0.05, 0) is 38.1 Å². The monoisotopic (exact) mass is 314 g/mol. The highest BCUT2D eigenvalue weighted by Crippen LogP contribution is 2.21. The summed E-state index contributed by atoms with van der Waals surface area (Å²) >= 11 is 1.51. The number of hydrogen-bond donors (Lipinski definition) is 2. The molecule has 0 radical (unpaired) electrons. The zero-order chi connectivity index (χ0) is 14.9. The van der Waals surface area contributed by atoms with Crippen LogP contribution in [-0.2, 0) is 16.6 Å². The number of rotatable bonds is 4. The summed E-state index contributed by atoms with van der Waals surface area (Å²) in [7, 11) is -3.77. The number of thiophene rings is 1. The van der Waals surface area contributed by atoms with Crippen LogP contribution in [-0.4, -0.2) is 8.42 Å². The molecule has 1 heterocycles. The van der Waals surface area contributed by atoms with Gasteiger partial charge in [0, 0.05) is 27.5 Å². The van der Waals surface area contributed by atoms with Gasteiger partial charge in [-0.3, -0.25) is 0 Å². The van der Waals surface area contributed by atoms with Gasteiger partial charge in [0.2, 0.25) is 10.0 Å². The molecule has 0 fully saturated rings. The Hall–Kier alpha value is -1.44. The lowest BCUT2D eigenvalue weighted by Crippen LogP contribution is -2.23. The molecule has 0 bridgehead atoms. The standard InChI is InChI=1S/C13H15FN2O2S2/c1-8-3-4-10(19-8)7-16-20(17,18)11-5-12(14)9(2)13(15)6-11/h3-6,16H,7,15H2,1-2H3. The minimum atomic E-state index is -3.77. The summed E-state index contributed by atoms with van der Waals surface area (Å²) in [5.74, 6) is -0.627. The number of nitrogens with two attached hydrogens (primary N) is 1. The van der Waals surface area contributed by atoms with Crippen LogP contribution in [0.15, 0.2) is 29.2 Å². The largest absolute Gasteiger partial charge is 0.398 e. The van der Waals surface area contributed by atoms with E-state index in [1.165, 1.54) is 24.3 Å². The molecule has 20 heavy (non-hydrogen) atoms. The van der Waals surface area contributed by atoms with Crippen LogP contribution >= 0.6 is 11.3 Å². The summed E-state index contributed by atoms with van der Waals surface area (Å²) in [6, 6.07) is 6.01. The maximum absolute atomic E-state index is 13.6. The SMILES string of the molecule is Cc1ccc(CNS(=O)(=O)c2cc(N)c(C)c(F)c2)s1. The van der Waals surface area contributed by atoms with Crippen molar-refractivity contribution in [1.29, 1.82) is 0 Å². The van der Waals surface area contributed by atoms with Crippen LogP contribution in [0.4, 0.5) is 10.1 Å². The van der Waals surface area contributed by atoms with Gasteiger partial charge in [-0.1, -0.05) is 0 Å². The zero-order valence-corrected chi connectivity index (χ0v) is 12.7. The molecule has 0 aliphatic rings. The van der Waals surface area contributed by atoms with Crippen molar-refractivity contribution >= 4 is 27.0 Å². The van der Waals surface area contributed by atoms with Crippen molar-refractivity contribution in [3.05, 3.63) is 45.4 Å². The Morgan fingerprint density at radius 2 is 2.00 bits per heavy atom. The molecule has 2 aromatic rings. The fraction of sp³-hybridized carbons (Fsp3) is 0.231. The van der Waals surface area contributed by atoms with Crippen LogP contribution in [0.5, 0.6) is 0 Å². The zero-order valence-electron chi connectivity index (χ0n) is 11.1. The van der Waals surface area contributed by atoms with E-state index in [0.717, 1.165) is 15.8 Å². The summed E-state index contributed by atoms with van der Waals surface area (Å²) in [5.41, 5.74) is 5.97. The highest BCUT2D eigenvalue weighted by Gasteiger charge is 2.17. The van der Waals surface area contributed by atoms with Gasteiger partial charge in [0.15, 0.2) is 0 Å². The summed E-state index contributed by atoms with van der Waals surface area (Å²) in [5, 5.41) is 0. The first-order valence-corrected chi connectivity index (χ1v) is 8.20. The number of hydrogen-bond acceptors (Lipinski definition) is 4. The van der Waals surface area contributed by atoms with E-state index in [-0.39, 0.29) is 22.7 Å². The maximum atomic E-state index is 13.6. The number of benzene rings is 1. The van der Waals surface area contributed by atoms with Crippen LogP contribution in [0.25, 0.3) is 0 Å². The summed E-state index contributed by atoms with van der Waals surface area (Å²) in [6.45, 7) is 3.62. The second-order valence-corrected chi connectivity index (χ2v) is 7.60. The van der Waals surface area contributed by atoms with E-state index >= 15 is 0 Å². The second kappa shape index (κ2) is 5.51. The van der Waals surface area contributed by atoms with Crippen molar-refractivity contribution in [1.82, 2.24) is 4.72 Å². The quantitative estimate of drug-likeness (QED) is 0.852. The fourth-order valence-electron chi connectivity index (χ4n) is 1.66. The van der Waals surface area contributed by atoms with Gasteiger partial charge in [0.05, 0.1) is 4.90 Å². The second-order valence-electron chi connectivity index (χ2n) is 4.46. The average molecular weight is 314 g/mol. The van der Waals surface area contributed by atoms with E-state index in [2.05, 4.69) is 4.72 Å². The lowest BCUT2D eigenvalue weighted by Gasteiger charge is -2.09. The number of aryl methyl sites for hydroxylation is 1. The molecular weight excluding hydrogens is 299 g/mol. The van der Waals surface area contributed by atoms with E-state index in [1.54, 1.807) is 0 Å². The van der Waals surface area contributed by atoms with Gasteiger partial charge in [-0.2, -0.15) is 0 Å². The molecule has 1 aromatic carbocycles. The molecular formula is C13H15FN2O2S2. The van der Waals surface area contributed by atoms with Crippen molar-refractivity contribution in [3.63, 3.8) is 0 Å². The van der Waals surface area contributed by atoms with Gasteiger partial charge in [0.25, 0.3) is 0 Å². The first-order chi connectivity index (χ1) is 9.29. The predicted molar refractivity (Wildman–Crippen MR) is 78.6 cm³/mol. The highest BCUT2D eigenvalue weighted by atomic mass is 32.2. The molecule has 0 saturated heterocycles. The molecule has 0 spiro atoms. The topological polar surface area (TPSA) is 72.2 Å². The van der Waals surface area contributed by atoms with Crippen LogP contribution in [0.1, 0.15) is 15.3 Å². The normalized spacial score (nSPS) is 11.8. The Labute approximate surface area is 121 Å². The Bertz CT molecular complexity index is 716. The average Bonchev–Trinajstić information content (AvgIpc) is 2.79. The molecule has 4 nitrogen and oxygen atoms in total. The molecule has 0 aliphatic heterocycles. The lowest BCUT2D eigenvalue weighted by molar-refractivity contribution is 0.577. The van der Waals surface area contributed by atoms with E-state index < -0.39 is 15.8 Å². The van der Waals surface area contributed by atoms with Crippen molar-refractivity contribution in [3.8, 4) is 0 Å². The first-order valence-electron chi connectivity index (χ1n) is 5.90. The Kier molecular flexibility index (Phi) is 4.12. The fourth-order valence-corrected chi connectivity index (χ4v) is 3.63. The van der Waals surface area contributed by atoms with Crippen molar-refractivity contribution in [2.45, 2.75) is 25.3 Å². The third-order valence-corrected chi connectivity index (χ3v) is 5.28. The van der Waals surface area contributed by atoms with E-state index in [4.69, 9.17) is 5.73 Å². The Balaban J connectivity index is 2.22. The summed E-state index contributed by atoms with van der Waals surface area (Å²) in [6.07, 6.45) is 0. The Morgan fingerprint density at radius 3 is 2.55 bits per heavy atom. The van der Waals surface area contributed by atoms with Gasteiger partial charge in [0.1, 0.15) is 5.82 Å². The van der Waals surface area contributed by atoms with Crippen molar-refractivity contribution in [2.75, 3.05) is 5.73 Å².